The molecule has 2 heterocycles. The average molecular weight is 410 g/mol. The number of ether oxygens (including phenoxy) is 1. The van der Waals surface area contributed by atoms with Crippen LogP contribution in [0.3, 0.4) is 0 Å². The van der Waals surface area contributed by atoms with Gasteiger partial charge in [-0.3, -0.25) is 4.79 Å². The maximum atomic E-state index is 12.4. The molecule has 150 valence electrons. The summed E-state index contributed by atoms with van der Waals surface area (Å²) in [7, 11) is 1.57. The highest BCUT2D eigenvalue weighted by Gasteiger charge is 2.23. The predicted molar refractivity (Wildman–Crippen MR) is 115 cm³/mol. The molecule has 7 nitrogen and oxygen atoms in total. The van der Waals surface area contributed by atoms with Gasteiger partial charge in [0.2, 0.25) is 5.91 Å². The number of anilines is 2. The van der Waals surface area contributed by atoms with Crippen LogP contribution in [0.25, 0.3) is 10.2 Å². The van der Waals surface area contributed by atoms with Crippen LogP contribution in [0.4, 0.5) is 16.2 Å². The van der Waals surface area contributed by atoms with E-state index in [4.69, 9.17) is 4.74 Å². The monoisotopic (exact) mass is 410 g/mol. The van der Waals surface area contributed by atoms with Gasteiger partial charge < -0.3 is 20.3 Å². The summed E-state index contributed by atoms with van der Waals surface area (Å²) in [6.45, 7) is 1.00. The fourth-order valence-corrected chi connectivity index (χ4v) is 4.27. The molecule has 2 N–H and O–H groups in total. The van der Waals surface area contributed by atoms with E-state index in [-0.39, 0.29) is 11.9 Å². The predicted octanol–water partition coefficient (Wildman–Crippen LogP) is 4.14. The second-order valence-electron chi connectivity index (χ2n) is 6.77. The summed E-state index contributed by atoms with van der Waals surface area (Å²) in [6.07, 6.45) is 2.39. The molecule has 4 rings (SSSR count). The number of rotatable bonds is 5. The largest absolute Gasteiger partial charge is 0.495 e. The second kappa shape index (κ2) is 8.48. The molecule has 0 spiro atoms. The molecule has 1 aromatic heterocycles. The van der Waals surface area contributed by atoms with Crippen molar-refractivity contribution < 1.29 is 14.3 Å². The second-order valence-corrected chi connectivity index (χ2v) is 7.89. The highest BCUT2D eigenvalue weighted by Crippen LogP contribution is 2.33. The van der Waals surface area contributed by atoms with E-state index < -0.39 is 0 Å². The minimum absolute atomic E-state index is 0.0759. The molecule has 1 aliphatic heterocycles. The summed E-state index contributed by atoms with van der Waals surface area (Å²) in [4.78, 5) is 30.9. The van der Waals surface area contributed by atoms with Gasteiger partial charge in [-0.2, -0.15) is 0 Å². The summed E-state index contributed by atoms with van der Waals surface area (Å²) < 4.78 is 6.51. The number of hydrogen-bond donors (Lipinski definition) is 2. The zero-order valence-electron chi connectivity index (χ0n) is 16.1. The van der Waals surface area contributed by atoms with Crippen LogP contribution in [0.15, 0.2) is 42.5 Å². The molecule has 1 aliphatic rings. The van der Waals surface area contributed by atoms with Gasteiger partial charge in [0.15, 0.2) is 0 Å². The normalized spacial score (nSPS) is 14.1. The lowest BCUT2D eigenvalue weighted by molar-refractivity contribution is -0.119. The van der Waals surface area contributed by atoms with Gasteiger partial charge in [0, 0.05) is 18.7 Å². The smallest absolute Gasteiger partial charge is 0.319 e. The Bertz CT molecular complexity index is 1020. The van der Waals surface area contributed by atoms with E-state index in [9.17, 15) is 9.59 Å². The summed E-state index contributed by atoms with van der Waals surface area (Å²) in [5.41, 5.74) is 2.21. The minimum Gasteiger partial charge on any atom is -0.495 e. The first-order valence-corrected chi connectivity index (χ1v) is 10.3. The van der Waals surface area contributed by atoms with Crippen molar-refractivity contribution in [2.75, 3.05) is 23.9 Å². The van der Waals surface area contributed by atoms with Crippen LogP contribution in [0.2, 0.25) is 0 Å². The van der Waals surface area contributed by atoms with Gasteiger partial charge >= 0.3 is 6.03 Å². The van der Waals surface area contributed by atoms with Gasteiger partial charge in [-0.25, -0.2) is 9.78 Å². The van der Waals surface area contributed by atoms with Crippen LogP contribution in [0.1, 0.15) is 24.3 Å². The number of hydrogen-bond acceptors (Lipinski definition) is 5. The summed E-state index contributed by atoms with van der Waals surface area (Å²) in [5.74, 6) is 0.688. The first-order chi connectivity index (χ1) is 14.1. The maximum absolute atomic E-state index is 12.4. The quantitative estimate of drug-likeness (QED) is 0.662. The van der Waals surface area contributed by atoms with E-state index in [0.29, 0.717) is 36.6 Å². The Hall–Kier alpha value is -3.13. The third-order valence-corrected chi connectivity index (χ3v) is 5.83. The van der Waals surface area contributed by atoms with Crippen molar-refractivity contribution in [1.29, 1.82) is 0 Å². The summed E-state index contributed by atoms with van der Waals surface area (Å²) >= 11 is 1.56. The molecule has 2 aromatic carbocycles. The Morgan fingerprint density at radius 3 is 2.90 bits per heavy atom. The van der Waals surface area contributed by atoms with Crippen LogP contribution < -0.4 is 20.3 Å². The Balaban J connectivity index is 1.43. The van der Waals surface area contributed by atoms with E-state index in [1.165, 1.54) is 0 Å². The minimum atomic E-state index is -0.328. The van der Waals surface area contributed by atoms with Crippen molar-refractivity contribution in [3.8, 4) is 5.75 Å². The topological polar surface area (TPSA) is 83.6 Å². The maximum Gasteiger partial charge on any atom is 0.319 e. The number of para-hydroxylation sites is 1. The Morgan fingerprint density at radius 2 is 2.10 bits per heavy atom. The van der Waals surface area contributed by atoms with E-state index in [2.05, 4.69) is 15.6 Å². The lowest BCUT2D eigenvalue weighted by Crippen LogP contribution is -2.35. The molecule has 0 bridgehead atoms. The van der Waals surface area contributed by atoms with Gasteiger partial charge in [0.25, 0.3) is 0 Å². The number of piperidine rings is 1. The third-order valence-electron chi connectivity index (χ3n) is 4.79. The molecular weight excluding hydrogens is 388 g/mol. The number of carbonyl (C=O) groups excluding carboxylic acids is 2. The van der Waals surface area contributed by atoms with E-state index in [1.54, 1.807) is 41.5 Å². The Morgan fingerprint density at radius 1 is 1.24 bits per heavy atom. The molecule has 0 atom stereocenters. The first-order valence-electron chi connectivity index (χ1n) is 9.52. The molecule has 0 radical (unpaired) electrons. The van der Waals surface area contributed by atoms with E-state index >= 15 is 0 Å². The number of benzene rings is 2. The molecule has 0 saturated carbocycles. The lowest BCUT2D eigenvalue weighted by atomic mass is 10.1. The van der Waals surface area contributed by atoms with Crippen LogP contribution in [-0.4, -0.2) is 30.6 Å². The number of amides is 3. The van der Waals surface area contributed by atoms with Crippen molar-refractivity contribution in [2.24, 2.45) is 0 Å². The van der Waals surface area contributed by atoms with Crippen molar-refractivity contribution >= 4 is 44.9 Å². The third kappa shape index (κ3) is 4.32. The fourth-order valence-electron chi connectivity index (χ4n) is 3.37. The highest BCUT2D eigenvalue weighted by molar-refractivity contribution is 7.18. The molecule has 3 amide bonds. The highest BCUT2D eigenvalue weighted by atomic mass is 32.1. The van der Waals surface area contributed by atoms with Gasteiger partial charge in [-0.15, -0.1) is 11.3 Å². The number of fused-ring (bicyclic) bond motifs is 1. The zero-order valence-corrected chi connectivity index (χ0v) is 16.9. The summed E-state index contributed by atoms with van der Waals surface area (Å²) in [5, 5.41) is 6.50. The van der Waals surface area contributed by atoms with Crippen molar-refractivity contribution in [1.82, 2.24) is 10.3 Å². The standard InChI is InChI=1S/C21H22N4O3S/c1-28-17-10-9-14(12-16(17)25-11-5-4-8-20(25)26)23-21(27)22-13-19-24-15-6-2-3-7-18(15)29-19/h2-3,6-7,9-10,12H,4-5,8,11,13H2,1H3,(H2,22,23,27). The van der Waals surface area contributed by atoms with Gasteiger partial charge in [-0.05, 0) is 43.2 Å². The van der Waals surface area contributed by atoms with Crippen molar-refractivity contribution in [3.05, 3.63) is 47.5 Å². The SMILES string of the molecule is COc1ccc(NC(=O)NCc2nc3ccccc3s2)cc1N1CCCCC1=O. The van der Waals surface area contributed by atoms with E-state index in [0.717, 1.165) is 28.1 Å². The number of nitrogens with one attached hydrogen (secondary N) is 2. The molecular formula is C21H22N4O3S. The van der Waals surface area contributed by atoms with Crippen LogP contribution in [-0.2, 0) is 11.3 Å². The van der Waals surface area contributed by atoms with Crippen molar-refractivity contribution in [2.45, 2.75) is 25.8 Å². The zero-order chi connectivity index (χ0) is 20.2. The number of urea groups is 1. The number of carbonyl (C=O) groups is 2. The van der Waals surface area contributed by atoms with E-state index in [1.807, 2.05) is 24.3 Å². The van der Waals surface area contributed by atoms with Crippen LogP contribution >= 0.6 is 11.3 Å². The van der Waals surface area contributed by atoms with Crippen LogP contribution in [0, 0.1) is 0 Å². The number of nitrogens with zero attached hydrogens (tertiary/aromatic N) is 2. The van der Waals surface area contributed by atoms with Gasteiger partial charge in [0.1, 0.15) is 10.8 Å². The number of methoxy groups -OCH3 is 1. The Kier molecular flexibility index (Phi) is 5.62. The molecule has 3 aromatic rings. The number of thiazole rings is 1. The molecule has 29 heavy (non-hydrogen) atoms. The Labute approximate surface area is 172 Å². The first kappa shape index (κ1) is 19.2. The molecule has 1 saturated heterocycles. The average Bonchev–Trinajstić information content (AvgIpc) is 3.16. The molecule has 1 fully saturated rings. The fraction of sp³-hybridized carbons (Fsp3) is 0.286. The van der Waals surface area contributed by atoms with Gasteiger partial charge in [0.05, 0.1) is 29.6 Å². The van der Waals surface area contributed by atoms with Crippen molar-refractivity contribution in [3.63, 3.8) is 0 Å². The van der Waals surface area contributed by atoms with Gasteiger partial charge in [-0.1, -0.05) is 12.1 Å². The molecule has 0 aliphatic carbocycles. The van der Waals surface area contributed by atoms with Crippen LogP contribution in [0.5, 0.6) is 5.75 Å². The molecule has 0 unspecified atom stereocenters. The number of aromatic nitrogens is 1. The lowest BCUT2D eigenvalue weighted by Gasteiger charge is -2.28. The molecule has 8 heteroatoms. The summed E-state index contributed by atoms with van der Waals surface area (Å²) in [6, 6.07) is 12.9.